The average molecular weight is 465 g/mol. The smallest absolute Gasteiger partial charge is 0.322 e. The highest BCUT2D eigenvalue weighted by atomic mass is 19.1. The molecule has 0 atom stereocenters. The van der Waals surface area contributed by atoms with E-state index in [2.05, 4.69) is 34.3 Å². The van der Waals surface area contributed by atoms with Gasteiger partial charge in [0, 0.05) is 37.8 Å². The molecule has 0 saturated carbocycles. The lowest BCUT2D eigenvalue weighted by atomic mass is 9.88. The SMILES string of the molecule is CN1CCC(C(=O)N2CCC(c3ccc(NC(=O)N4Cc5ccc(F)cc5C4)cc3)CC2)CC1. The number of hydrogen-bond acceptors (Lipinski definition) is 3. The number of rotatable bonds is 3. The van der Waals surface area contributed by atoms with Crippen LogP contribution >= 0.6 is 0 Å². The van der Waals surface area contributed by atoms with Crippen molar-refractivity contribution in [2.24, 2.45) is 5.92 Å². The van der Waals surface area contributed by atoms with Crippen LogP contribution in [0.25, 0.3) is 0 Å². The zero-order valence-electron chi connectivity index (χ0n) is 19.8. The summed E-state index contributed by atoms with van der Waals surface area (Å²) in [4.78, 5) is 31.6. The van der Waals surface area contributed by atoms with E-state index in [1.165, 1.54) is 17.7 Å². The molecule has 7 heteroatoms. The van der Waals surface area contributed by atoms with Crippen LogP contribution in [0.1, 0.15) is 48.3 Å². The minimum absolute atomic E-state index is 0.176. The zero-order valence-corrected chi connectivity index (χ0v) is 19.8. The Hall–Kier alpha value is -2.93. The molecule has 3 aliphatic heterocycles. The highest BCUT2D eigenvalue weighted by Gasteiger charge is 2.30. The number of carbonyl (C=O) groups excluding carboxylic acids is 2. The maximum Gasteiger partial charge on any atom is 0.322 e. The minimum atomic E-state index is -0.270. The van der Waals surface area contributed by atoms with Gasteiger partial charge < -0.3 is 20.0 Å². The van der Waals surface area contributed by atoms with Crippen LogP contribution < -0.4 is 5.32 Å². The molecular formula is C27H33FN4O2. The number of benzene rings is 2. The molecule has 0 spiro atoms. The third-order valence-electron chi connectivity index (χ3n) is 7.69. The van der Waals surface area contributed by atoms with Crippen molar-refractivity contribution in [3.8, 4) is 0 Å². The number of piperidine rings is 2. The van der Waals surface area contributed by atoms with Crippen LogP contribution in [0.5, 0.6) is 0 Å². The first-order chi connectivity index (χ1) is 16.5. The van der Waals surface area contributed by atoms with Crippen molar-refractivity contribution in [3.63, 3.8) is 0 Å². The first-order valence-electron chi connectivity index (χ1n) is 12.4. The second kappa shape index (κ2) is 9.74. The number of anilines is 1. The second-order valence-corrected chi connectivity index (χ2v) is 10.00. The third kappa shape index (κ3) is 4.94. The molecule has 3 aliphatic rings. The molecule has 0 aliphatic carbocycles. The molecule has 3 amide bonds. The Morgan fingerprint density at radius 2 is 1.53 bits per heavy atom. The van der Waals surface area contributed by atoms with Gasteiger partial charge in [-0.1, -0.05) is 18.2 Å². The largest absolute Gasteiger partial charge is 0.342 e. The van der Waals surface area contributed by atoms with Crippen molar-refractivity contribution in [2.45, 2.75) is 44.7 Å². The fraction of sp³-hybridized carbons (Fsp3) is 0.481. The summed E-state index contributed by atoms with van der Waals surface area (Å²) in [7, 11) is 2.12. The topological polar surface area (TPSA) is 55.9 Å². The number of hydrogen-bond donors (Lipinski definition) is 1. The predicted octanol–water partition coefficient (Wildman–Crippen LogP) is 4.42. The van der Waals surface area contributed by atoms with E-state index in [1.807, 2.05) is 12.1 Å². The van der Waals surface area contributed by atoms with Gasteiger partial charge in [0.1, 0.15) is 5.82 Å². The van der Waals surface area contributed by atoms with Crippen LogP contribution in [0.15, 0.2) is 42.5 Å². The molecule has 0 aromatic heterocycles. The Morgan fingerprint density at radius 3 is 2.24 bits per heavy atom. The maximum atomic E-state index is 13.4. The number of halogens is 1. The number of carbonyl (C=O) groups is 2. The summed E-state index contributed by atoms with van der Waals surface area (Å²) in [5, 5.41) is 2.96. The van der Waals surface area contributed by atoms with Gasteiger partial charge in [0.25, 0.3) is 0 Å². The van der Waals surface area contributed by atoms with E-state index in [9.17, 15) is 14.0 Å². The van der Waals surface area contributed by atoms with Crippen LogP contribution in [0.2, 0.25) is 0 Å². The number of urea groups is 1. The third-order valence-corrected chi connectivity index (χ3v) is 7.69. The Bertz CT molecular complexity index is 1040. The van der Waals surface area contributed by atoms with Crippen LogP contribution in [0.3, 0.4) is 0 Å². The summed E-state index contributed by atoms with van der Waals surface area (Å²) in [5.74, 6) is 0.706. The molecule has 34 heavy (non-hydrogen) atoms. The first-order valence-corrected chi connectivity index (χ1v) is 12.4. The maximum absolute atomic E-state index is 13.4. The Labute approximate surface area is 200 Å². The molecule has 2 aromatic rings. The number of likely N-dealkylation sites (tertiary alicyclic amines) is 2. The van der Waals surface area contributed by atoms with Gasteiger partial charge >= 0.3 is 6.03 Å². The van der Waals surface area contributed by atoms with Gasteiger partial charge in [0.2, 0.25) is 5.91 Å². The van der Waals surface area contributed by atoms with Gasteiger partial charge in [0.05, 0.1) is 0 Å². The van der Waals surface area contributed by atoms with E-state index in [4.69, 9.17) is 0 Å². The van der Waals surface area contributed by atoms with E-state index in [0.717, 1.165) is 68.7 Å². The Morgan fingerprint density at radius 1 is 0.853 bits per heavy atom. The molecule has 0 unspecified atom stereocenters. The monoisotopic (exact) mass is 464 g/mol. The van der Waals surface area contributed by atoms with E-state index in [-0.39, 0.29) is 17.8 Å². The van der Waals surface area contributed by atoms with Crippen LogP contribution in [-0.4, -0.2) is 59.9 Å². The summed E-state index contributed by atoms with van der Waals surface area (Å²) in [5.41, 5.74) is 3.87. The van der Waals surface area contributed by atoms with Crippen molar-refractivity contribution in [2.75, 3.05) is 38.5 Å². The second-order valence-electron chi connectivity index (χ2n) is 10.00. The number of fused-ring (bicyclic) bond motifs is 1. The average Bonchev–Trinajstić information content (AvgIpc) is 3.28. The van der Waals surface area contributed by atoms with Crippen molar-refractivity contribution in [1.29, 1.82) is 0 Å². The summed E-state index contributed by atoms with van der Waals surface area (Å²) < 4.78 is 13.4. The molecule has 180 valence electrons. The van der Waals surface area contributed by atoms with Gasteiger partial charge in [-0.05, 0) is 92.7 Å². The molecule has 2 fully saturated rings. The fourth-order valence-corrected chi connectivity index (χ4v) is 5.49. The number of amides is 3. The van der Waals surface area contributed by atoms with Gasteiger partial charge in [-0.25, -0.2) is 9.18 Å². The lowest BCUT2D eigenvalue weighted by molar-refractivity contribution is -0.138. The normalized spacial score (nSPS) is 19.8. The lowest BCUT2D eigenvalue weighted by Crippen LogP contribution is -2.44. The van der Waals surface area contributed by atoms with E-state index < -0.39 is 0 Å². The van der Waals surface area contributed by atoms with E-state index >= 15 is 0 Å². The van der Waals surface area contributed by atoms with Gasteiger partial charge in [-0.2, -0.15) is 0 Å². The summed E-state index contributed by atoms with van der Waals surface area (Å²) >= 11 is 0. The summed E-state index contributed by atoms with van der Waals surface area (Å²) in [6, 6.07) is 12.6. The molecule has 0 bridgehead atoms. The Balaban J connectivity index is 1.11. The highest BCUT2D eigenvalue weighted by Crippen LogP contribution is 2.31. The quantitative estimate of drug-likeness (QED) is 0.732. The standard InChI is InChI=1S/C27H33FN4O2/c1-30-12-8-21(9-13-30)26(33)31-14-10-20(11-15-31)19-3-6-25(7-4-19)29-27(34)32-17-22-2-5-24(28)16-23(22)18-32/h2-7,16,20-21H,8-15,17-18H2,1H3,(H,29,34). The van der Waals surface area contributed by atoms with Crippen LogP contribution in [0, 0.1) is 11.7 Å². The fourth-order valence-electron chi connectivity index (χ4n) is 5.49. The molecular weight excluding hydrogens is 431 g/mol. The zero-order chi connectivity index (χ0) is 23.7. The molecule has 5 rings (SSSR count). The van der Waals surface area contributed by atoms with Gasteiger partial charge in [-0.15, -0.1) is 0 Å². The lowest BCUT2D eigenvalue weighted by Gasteiger charge is -2.36. The molecule has 2 aromatic carbocycles. The predicted molar refractivity (Wildman–Crippen MR) is 130 cm³/mol. The molecule has 2 saturated heterocycles. The molecule has 0 radical (unpaired) electrons. The van der Waals surface area contributed by atoms with Crippen LogP contribution in [-0.2, 0) is 17.9 Å². The van der Waals surface area contributed by atoms with Crippen LogP contribution in [0.4, 0.5) is 14.9 Å². The van der Waals surface area contributed by atoms with E-state index in [1.54, 1.807) is 11.0 Å². The van der Waals surface area contributed by atoms with E-state index in [0.29, 0.717) is 24.9 Å². The van der Waals surface area contributed by atoms with Crippen molar-refractivity contribution < 1.29 is 14.0 Å². The highest BCUT2D eigenvalue weighted by molar-refractivity contribution is 5.89. The van der Waals surface area contributed by atoms with Crippen molar-refractivity contribution in [3.05, 3.63) is 65.0 Å². The van der Waals surface area contributed by atoms with Crippen molar-refractivity contribution in [1.82, 2.24) is 14.7 Å². The van der Waals surface area contributed by atoms with Crippen molar-refractivity contribution >= 4 is 17.6 Å². The molecule has 1 N–H and O–H groups in total. The summed E-state index contributed by atoms with van der Waals surface area (Å²) in [6.45, 7) is 4.59. The summed E-state index contributed by atoms with van der Waals surface area (Å²) in [6.07, 6.45) is 3.91. The number of nitrogens with one attached hydrogen (secondary N) is 1. The van der Waals surface area contributed by atoms with Gasteiger partial charge in [0.15, 0.2) is 0 Å². The number of nitrogens with zero attached hydrogens (tertiary/aromatic N) is 3. The minimum Gasteiger partial charge on any atom is -0.342 e. The van der Waals surface area contributed by atoms with Gasteiger partial charge in [-0.3, -0.25) is 4.79 Å². The molecule has 6 nitrogen and oxygen atoms in total. The molecule has 3 heterocycles. The first kappa shape index (κ1) is 22.8. The Kier molecular flexibility index (Phi) is 6.55.